The molecule has 4 heterocycles. The molecular formula is C18H19FN4O3. The van der Waals surface area contributed by atoms with Gasteiger partial charge in [-0.1, -0.05) is 0 Å². The zero-order valence-corrected chi connectivity index (χ0v) is 14.3. The lowest BCUT2D eigenvalue weighted by atomic mass is 10.1. The van der Waals surface area contributed by atoms with Crippen molar-refractivity contribution in [1.29, 1.82) is 0 Å². The SMILES string of the molecule is Cc1c(F)c(N2C[C@H]3C[C@@H]2CN3)nc2c1c(=O)c(C(=O)O)cn2C1CC1. The van der Waals surface area contributed by atoms with Gasteiger partial charge < -0.3 is 19.9 Å². The molecule has 2 saturated heterocycles. The van der Waals surface area contributed by atoms with Crippen LogP contribution >= 0.6 is 0 Å². The number of pyridine rings is 2. The molecule has 2 N–H and O–H groups in total. The molecule has 0 aromatic carbocycles. The topological polar surface area (TPSA) is 87.5 Å². The molecule has 0 spiro atoms. The zero-order chi connectivity index (χ0) is 18.2. The number of fused-ring (bicyclic) bond motifs is 3. The Morgan fingerprint density at radius 3 is 2.73 bits per heavy atom. The minimum Gasteiger partial charge on any atom is -0.477 e. The number of aromatic carboxylic acids is 1. The molecule has 7 nitrogen and oxygen atoms in total. The first kappa shape index (κ1) is 15.7. The normalized spacial score (nSPS) is 24.6. The number of nitrogens with one attached hydrogen (secondary N) is 1. The van der Waals surface area contributed by atoms with Gasteiger partial charge in [-0.05, 0) is 26.2 Å². The van der Waals surface area contributed by atoms with Gasteiger partial charge in [-0.15, -0.1) is 0 Å². The number of nitrogens with zero attached hydrogens (tertiary/aromatic N) is 3. The van der Waals surface area contributed by atoms with E-state index in [-0.39, 0.29) is 34.4 Å². The van der Waals surface area contributed by atoms with E-state index in [9.17, 15) is 14.7 Å². The Bertz CT molecular complexity index is 1010. The number of halogens is 1. The van der Waals surface area contributed by atoms with Crippen LogP contribution in [0.5, 0.6) is 0 Å². The fourth-order valence-electron chi connectivity index (χ4n) is 4.30. The summed E-state index contributed by atoms with van der Waals surface area (Å²) in [5, 5.41) is 12.8. The first-order chi connectivity index (χ1) is 12.5. The van der Waals surface area contributed by atoms with Gasteiger partial charge in [0.2, 0.25) is 5.43 Å². The molecule has 0 unspecified atom stereocenters. The van der Waals surface area contributed by atoms with Crippen molar-refractivity contribution in [3.8, 4) is 0 Å². The molecule has 0 radical (unpaired) electrons. The van der Waals surface area contributed by atoms with E-state index in [1.807, 2.05) is 4.90 Å². The maximum Gasteiger partial charge on any atom is 0.341 e. The summed E-state index contributed by atoms with van der Waals surface area (Å²) in [5.74, 6) is -1.54. The van der Waals surface area contributed by atoms with E-state index in [0.29, 0.717) is 18.2 Å². The number of hydrogen-bond donors (Lipinski definition) is 2. The number of carboxylic acids is 1. The van der Waals surface area contributed by atoms with Crippen molar-refractivity contribution in [2.75, 3.05) is 18.0 Å². The van der Waals surface area contributed by atoms with E-state index >= 15 is 4.39 Å². The van der Waals surface area contributed by atoms with Crippen LogP contribution in [-0.4, -0.2) is 45.8 Å². The summed E-state index contributed by atoms with van der Waals surface area (Å²) < 4.78 is 16.9. The van der Waals surface area contributed by atoms with Gasteiger partial charge in [0.1, 0.15) is 11.2 Å². The lowest BCUT2D eigenvalue weighted by molar-refractivity contribution is 0.0695. The zero-order valence-electron chi connectivity index (χ0n) is 14.3. The van der Waals surface area contributed by atoms with Crippen LogP contribution in [-0.2, 0) is 0 Å². The summed E-state index contributed by atoms with van der Waals surface area (Å²) >= 11 is 0. The minimum atomic E-state index is -1.29. The van der Waals surface area contributed by atoms with E-state index in [1.165, 1.54) is 6.20 Å². The van der Waals surface area contributed by atoms with Crippen LogP contribution in [0, 0.1) is 12.7 Å². The Morgan fingerprint density at radius 1 is 1.38 bits per heavy atom. The largest absolute Gasteiger partial charge is 0.477 e. The predicted octanol–water partition coefficient (Wildman–Crippen LogP) is 1.43. The second-order valence-electron chi connectivity index (χ2n) is 7.54. The van der Waals surface area contributed by atoms with Gasteiger partial charge in [0.05, 0.1) is 5.39 Å². The summed E-state index contributed by atoms with van der Waals surface area (Å²) in [6, 6.07) is 0.675. The van der Waals surface area contributed by atoms with E-state index in [0.717, 1.165) is 25.8 Å². The third-order valence-electron chi connectivity index (χ3n) is 5.82. The molecule has 2 aromatic heterocycles. The minimum absolute atomic E-state index is 0.0838. The number of piperazine rings is 1. The third-order valence-corrected chi connectivity index (χ3v) is 5.82. The average Bonchev–Trinajstić information content (AvgIpc) is 3.23. The van der Waals surface area contributed by atoms with Gasteiger partial charge >= 0.3 is 5.97 Å². The summed E-state index contributed by atoms with van der Waals surface area (Å²) in [6.45, 7) is 3.04. The first-order valence-electron chi connectivity index (χ1n) is 8.94. The Morgan fingerprint density at radius 2 is 2.15 bits per heavy atom. The summed E-state index contributed by atoms with van der Waals surface area (Å²) in [4.78, 5) is 30.7. The van der Waals surface area contributed by atoms with Crippen molar-refractivity contribution < 1.29 is 14.3 Å². The van der Waals surface area contributed by atoms with Crippen LogP contribution in [0.3, 0.4) is 0 Å². The van der Waals surface area contributed by atoms with Gasteiger partial charge in [0.25, 0.3) is 0 Å². The van der Waals surface area contributed by atoms with E-state index in [4.69, 9.17) is 0 Å². The van der Waals surface area contributed by atoms with Crippen LogP contribution < -0.4 is 15.6 Å². The number of anilines is 1. The maximum absolute atomic E-state index is 15.1. The lowest BCUT2D eigenvalue weighted by Crippen LogP contribution is -2.44. The molecule has 5 rings (SSSR count). The smallest absolute Gasteiger partial charge is 0.341 e. The van der Waals surface area contributed by atoms with Crippen LogP contribution in [0.4, 0.5) is 10.2 Å². The molecule has 1 aliphatic carbocycles. The third kappa shape index (κ3) is 2.11. The van der Waals surface area contributed by atoms with Crippen LogP contribution in [0.2, 0.25) is 0 Å². The Balaban J connectivity index is 1.79. The number of aromatic nitrogens is 2. The van der Waals surface area contributed by atoms with Crippen molar-refractivity contribution in [1.82, 2.24) is 14.9 Å². The molecule has 1 saturated carbocycles. The molecule has 26 heavy (non-hydrogen) atoms. The molecule has 3 fully saturated rings. The number of hydrogen-bond acceptors (Lipinski definition) is 5. The Hall–Kier alpha value is -2.48. The molecule has 136 valence electrons. The molecule has 8 heteroatoms. The summed E-state index contributed by atoms with van der Waals surface area (Å²) in [6.07, 6.45) is 4.15. The van der Waals surface area contributed by atoms with E-state index in [2.05, 4.69) is 10.3 Å². The fourth-order valence-corrected chi connectivity index (χ4v) is 4.30. The standard InChI is InChI=1S/C18H19FN4O3/c1-8-13-15(24)12(18(25)26)7-23(10-2-3-10)16(13)21-17(14(8)19)22-6-9-4-11(22)5-20-9/h7,9-11,20H,2-6H2,1H3,(H,25,26)/t9-,11-/m1/s1. The highest BCUT2D eigenvalue weighted by atomic mass is 19.1. The first-order valence-corrected chi connectivity index (χ1v) is 8.94. The fraction of sp³-hybridized carbons (Fsp3) is 0.500. The van der Waals surface area contributed by atoms with Crippen molar-refractivity contribution in [2.45, 2.75) is 44.3 Å². The van der Waals surface area contributed by atoms with Crippen molar-refractivity contribution >= 4 is 22.8 Å². The molecule has 3 aliphatic rings. The second-order valence-corrected chi connectivity index (χ2v) is 7.54. The van der Waals surface area contributed by atoms with E-state index < -0.39 is 17.2 Å². The van der Waals surface area contributed by atoms with Crippen molar-refractivity contribution in [3.63, 3.8) is 0 Å². The lowest BCUT2D eigenvalue weighted by Gasteiger charge is -2.29. The van der Waals surface area contributed by atoms with Gasteiger partial charge in [0.15, 0.2) is 11.6 Å². The highest BCUT2D eigenvalue weighted by Crippen LogP contribution is 2.39. The number of carboxylic acid groups (broad SMARTS) is 1. The quantitative estimate of drug-likeness (QED) is 0.863. The Labute approximate surface area is 148 Å². The summed E-state index contributed by atoms with van der Waals surface area (Å²) in [5.41, 5.74) is -0.411. The second kappa shape index (κ2) is 5.26. The monoisotopic (exact) mass is 358 g/mol. The van der Waals surface area contributed by atoms with Gasteiger partial charge in [-0.25, -0.2) is 14.2 Å². The van der Waals surface area contributed by atoms with Crippen molar-refractivity contribution in [2.24, 2.45) is 0 Å². The van der Waals surface area contributed by atoms with Crippen LogP contribution in [0.1, 0.15) is 41.2 Å². The average molecular weight is 358 g/mol. The van der Waals surface area contributed by atoms with Gasteiger partial charge in [-0.3, -0.25) is 4.79 Å². The highest BCUT2D eigenvalue weighted by Gasteiger charge is 2.40. The highest BCUT2D eigenvalue weighted by molar-refractivity contribution is 5.93. The number of aryl methyl sites for hydroxylation is 1. The van der Waals surface area contributed by atoms with Crippen molar-refractivity contribution in [3.05, 3.63) is 33.4 Å². The van der Waals surface area contributed by atoms with Gasteiger partial charge in [-0.2, -0.15) is 0 Å². The molecular weight excluding hydrogens is 339 g/mol. The molecule has 2 aromatic rings. The number of carbonyl (C=O) groups is 1. The molecule has 2 atom stereocenters. The summed E-state index contributed by atoms with van der Waals surface area (Å²) in [7, 11) is 0. The van der Waals surface area contributed by atoms with Gasteiger partial charge in [0, 0.05) is 43.0 Å². The molecule has 2 bridgehead atoms. The predicted molar refractivity (Wildman–Crippen MR) is 93.5 cm³/mol. The molecule has 2 aliphatic heterocycles. The van der Waals surface area contributed by atoms with E-state index in [1.54, 1.807) is 11.5 Å². The molecule has 0 amide bonds. The van der Waals surface area contributed by atoms with Crippen LogP contribution in [0.15, 0.2) is 11.0 Å². The Kier molecular flexibility index (Phi) is 3.19. The van der Waals surface area contributed by atoms with Crippen LogP contribution in [0.25, 0.3) is 11.0 Å². The number of rotatable bonds is 3. The maximum atomic E-state index is 15.1.